The molecule has 2 aromatic carbocycles. The van der Waals surface area contributed by atoms with Gasteiger partial charge in [0.1, 0.15) is 0 Å². The molecule has 0 aliphatic carbocycles. The molecule has 146 valence electrons. The lowest BCUT2D eigenvalue weighted by Crippen LogP contribution is -2.32. The van der Waals surface area contributed by atoms with Crippen molar-refractivity contribution in [3.63, 3.8) is 0 Å². The quantitative estimate of drug-likeness (QED) is 0.671. The Morgan fingerprint density at radius 3 is 2.33 bits per heavy atom. The van der Waals surface area contributed by atoms with Gasteiger partial charge in [-0.2, -0.15) is 0 Å². The second-order valence-electron chi connectivity index (χ2n) is 6.19. The summed E-state index contributed by atoms with van der Waals surface area (Å²) in [7, 11) is -1.96. The highest BCUT2D eigenvalue weighted by molar-refractivity contribution is 7.91. The Morgan fingerprint density at radius 2 is 1.74 bits per heavy atom. The van der Waals surface area contributed by atoms with Gasteiger partial charge < -0.3 is 15.4 Å². The van der Waals surface area contributed by atoms with Crippen LogP contribution in [-0.2, 0) is 21.1 Å². The van der Waals surface area contributed by atoms with Gasteiger partial charge in [-0.25, -0.2) is 8.42 Å². The van der Waals surface area contributed by atoms with Crippen molar-refractivity contribution in [3.8, 4) is 0 Å². The van der Waals surface area contributed by atoms with E-state index in [2.05, 4.69) is 0 Å². The summed E-state index contributed by atoms with van der Waals surface area (Å²) in [5.74, 6) is -0.235. The van der Waals surface area contributed by atoms with Crippen LogP contribution in [0.2, 0.25) is 0 Å². The summed E-state index contributed by atoms with van der Waals surface area (Å²) in [4.78, 5) is 14.8. The third-order valence-corrected chi connectivity index (χ3v) is 5.85. The smallest absolute Gasteiger partial charge is 0.254 e. The lowest BCUT2D eigenvalue weighted by atomic mass is 10.1. The van der Waals surface area contributed by atoms with E-state index in [0.29, 0.717) is 31.6 Å². The molecule has 0 unspecified atom stereocenters. The fourth-order valence-corrected chi connectivity index (χ4v) is 3.81. The molecule has 0 radical (unpaired) electrons. The number of benzene rings is 2. The lowest BCUT2D eigenvalue weighted by Gasteiger charge is -2.23. The number of hydrogen-bond acceptors (Lipinski definition) is 5. The molecule has 6 nitrogen and oxygen atoms in total. The van der Waals surface area contributed by atoms with Crippen LogP contribution in [0.4, 0.5) is 0 Å². The molecule has 0 aromatic heterocycles. The maximum Gasteiger partial charge on any atom is 0.254 e. The summed E-state index contributed by atoms with van der Waals surface area (Å²) in [5, 5.41) is 0. The zero-order valence-electron chi connectivity index (χ0n) is 15.5. The van der Waals surface area contributed by atoms with E-state index in [-0.39, 0.29) is 23.2 Å². The summed E-state index contributed by atoms with van der Waals surface area (Å²) in [6, 6.07) is 15.8. The summed E-state index contributed by atoms with van der Waals surface area (Å²) in [6.45, 7) is 1.65. The first-order chi connectivity index (χ1) is 13.0. The predicted octanol–water partition coefficient (Wildman–Crippen LogP) is 2.10. The molecule has 0 fully saturated rings. The van der Waals surface area contributed by atoms with Gasteiger partial charge in [-0.05, 0) is 42.8 Å². The summed E-state index contributed by atoms with van der Waals surface area (Å²) < 4.78 is 29.2. The normalized spacial score (nSPS) is 11.3. The van der Waals surface area contributed by atoms with Crippen LogP contribution >= 0.6 is 0 Å². The van der Waals surface area contributed by atoms with Crippen molar-refractivity contribution in [1.82, 2.24) is 4.90 Å². The number of carbonyl (C=O) groups excluding carboxylic acids is 1. The molecule has 0 aliphatic heterocycles. The fourth-order valence-electron chi connectivity index (χ4n) is 2.64. The van der Waals surface area contributed by atoms with E-state index in [0.717, 1.165) is 5.56 Å². The number of nitrogens with zero attached hydrogens (tertiary/aromatic N) is 1. The van der Waals surface area contributed by atoms with Gasteiger partial charge in [0.05, 0.1) is 17.3 Å². The topological polar surface area (TPSA) is 89.7 Å². The van der Waals surface area contributed by atoms with Crippen LogP contribution in [0.1, 0.15) is 22.3 Å². The Labute approximate surface area is 160 Å². The van der Waals surface area contributed by atoms with Crippen LogP contribution in [0.3, 0.4) is 0 Å². The first-order valence-electron chi connectivity index (χ1n) is 8.83. The first kappa shape index (κ1) is 21.1. The molecule has 2 rings (SSSR count). The molecule has 7 heteroatoms. The second kappa shape index (κ2) is 10.2. The van der Waals surface area contributed by atoms with Gasteiger partial charge in [0, 0.05) is 25.8 Å². The average Bonchev–Trinajstić information content (AvgIpc) is 2.70. The molecule has 0 spiro atoms. The van der Waals surface area contributed by atoms with Crippen molar-refractivity contribution < 1.29 is 17.9 Å². The predicted molar refractivity (Wildman–Crippen MR) is 105 cm³/mol. The zero-order chi connectivity index (χ0) is 19.7. The highest BCUT2D eigenvalue weighted by Crippen LogP contribution is 2.15. The molecular weight excluding hydrogens is 364 g/mol. The third kappa shape index (κ3) is 6.16. The number of nitrogens with two attached hydrogens (primary N) is 1. The molecule has 0 aliphatic rings. The minimum absolute atomic E-state index is 0.0899. The van der Waals surface area contributed by atoms with Crippen molar-refractivity contribution in [2.45, 2.75) is 17.9 Å². The number of rotatable bonds is 10. The molecule has 2 aromatic rings. The van der Waals surface area contributed by atoms with Gasteiger partial charge in [-0.3, -0.25) is 4.79 Å². The largest absolute Gasteiger partial charge is 0.384 e. The average molecular weight is 391 g/mol. The van der Waals surface area contributed by atoms with Crippen molar-refractivity contribution in [2.75, 3.05) is 32.6 Å². The standard InChI is InChI=1S/C20H26N2O4S/c1-26-14-15-27(24,25)19-10-8-18(9-11-19)20(23)22(13-5-12-21)16-17-6-3-2-4-7-17/h2-4,6-11H,5,12-16,21H2,1H3. The highest BCUT2D eigenvalue weighted by atomic mass is 32.2. The summed E-state index contributed by atoms with van der Waals surface area (Å²) in [5.41, 5.74) is 7.08. The lowest BCUT2D eigenvalue weighted by molar-refractivity contribution is 0.0742. The van der Waals surface area contributed by atoms with E-state index in [1.807, 2.05) is 30.3 Å². The fraction of sp³-hybridized carbons (Fsp3) is 0.350. The van der Waals surface area contributed by atoms with Crippen molar-refractivity contribution in [2.24, 2.45) is 5.73 Å². The van der Waals surface area contributed by atoms with Crippen LogP contribution in [0, 0.1) is 0 Å². The Hall–Kier alpha value is -2.22. The maximum absolute atomic E-state index is 12.9. The zero-order valence-corrected chi connectivity index (χ0v) is 16.3. The molecule has 2 N–H and O–H groups in total. The van der Waals surface area contributed by atoms with Crippen molar-refractivity contribution >= 4 is 15.7 Å². The molecule has 0 bridgehead atoms. The van der Waals surface area contributed by atoms with Crippen LogP contribution in [0.25, 0.3) is 0 Å². The first-order valence-corrected chi connectivity index (χ1v) is 10.5. The van der Waals surface area contributed by atoms with Crippen LogP contribution in [-0.4, -0.2) is 51.8 Å². The van der Waals surface area contributed by atoms with Gasteiger partial charge in [-0.15, -0.1) is 0 Å². The molecule has 0 saturated carbocycles. The van der Waals surface area contributed by atoms with Gasteiger partial charge in [0.25, 0.3) is 5.91 Å². The highest BCUT2D eigenvalue weighted by Gasteiger charge is 2.18. The number of ether oxygens (including phenoxy) is 1. The molecule has 0 atom stereocenters. The van der Waals surface area contributed by atoms with Gasteiger partial charge in [0.15, 0.2) is 9.84 Å². The molecule has 1 amide bonds. The molecular formula is C20H26N2O4S. The van der Waals surface area contributed by atoms with Crippen LogP contribution in [0.15, 0.2) is 59.5 Å². The number of carbonyl (C=O) groups is 1. The minimum Gasteiger partial charge on any atom is -0.384 e. The van der Waals surface area contributed by atoms with Gasteiger partial charge in [-0.1, -0.05) is 30.3 Å². The van der Waals surface area contributed by atoms with Crippen molar-refractivity contribution in [3.05, 3.63) is 65.7 Å². The number of hydrogen-bond donors (Lipinski definition) is 1. The Bertz CT molecular complexity index is 821. The minimum atomic E-state index is -3.41. The van der Waals surface area contributed by atoms with Gasteiger partial charge >= 0.3 is 0 Å². The van der Waals surface area contributed by atoms with E-state index >= 15 is 0 Å². The SMILES string of the molecule is COCCS(=O)(=O)c1ccc(C(=O)N(CCCN)Cc2ccccc2)cc1. The number of amides is 1. The number of methoxy groups -OCH3 is 1. The summed E-state index contributed by atoms with van der Waals surface area (Å²) >= 11 is 0. The number of sulfone groups is 1. The Morgan fingerprint density at radius 1 is 1.07 bits per heavy atom. The van der Waals surface area contributed by atoms with E-state index in [1.165, 1.54) is 19.2 Å². The van der Waals surface area contributed by atoms with Crippen LogP contribution < -0.4 is 5.73 Å². The van der Waals surface area contributed by atoms with E-state index in [4.69, 9.17) is 10.5 Å². The monoisotopic (exact) mass is 390 g/mol. The molecule has 0 heterocycles. The maximum atomic E-state index is 12.9. The van der Waals surface area contributed by atoms with Crippen LogP contribution in [0.5, 0.6) is 0 Å². The summed E-state index contributed by atoms with van der Waals surface area (Å²) in [6.07, 6.45) is 0.696. The van der Waals surface area contributed by atoms with E-state index in [9.17, 15) is 13.2 Å². The van der Waals surface area contributed by atoms with Crippen molar-refractivity contribution in [1.29, 1.82) is 0 Å². The van der Waals surface area contributed by atoms with E-state index in [1.54, 1.807) is 17.0 Å². The van der Waals surface area contributed by atoms with E-state index < -0.39 is 9.84 Å². The Kier molecular flexibility index (Phi) is 7.97. The van der Waals surface area contributed by atoms with Gasteiger partial charge in [0.2, 0.25) is 0 Å². The molecule has 27 heavy (non-hydrogen) atoms. The third-order valence-electron chi connectivity index (χ3n) is 4.15. The molecule has 0 saturated heterocycles. The second-order valence-corrected chi connectivity index (χ2v) is 8.30. The Balaban J connectivity index is 2.16.